The van der Waals surface area contributed by atoms with Crippen LogP contribution in [-0.4, -0.2) is 30.4 Å². The van der Waals surface area contributed by atoms with Gasteiger partial charge in [0.05, 0.1) is 11.5 Å². The van der Waals surface area contributed by atoms with Gasteiger partial charge < -0.3 is 10.2 Å². The third-order valence-electron chi connectivity index (χ3n) is 5.46. The van der Waals surface area contributed by atoms with Crippen LogP contribution in [0.1, 0.15) is 39.2 Å². The van der Waals surface area contributed by atoms with Crippen LogP contribution in [0.3, 0.4) is 0 Å². The predicted molar refractivity (Wildman–Crippen MR) is 99.9 cm³/mol. The molecular formula is C21H28N2O. The molecule has 1 aliphatic heterocycles. The van der Waals surface area contributed by atoms with Crippen molar-refractivity contribution >= 4 is 16.7 Å². The number of hydrogen-bond donors (Lipinski definition) is 1. The van der Waals surface area contributed by atoms with Crippen molar-refractivity contribution < 1.29 is 4.79 Å². The van der Waals surface area contributed by atoms with Crippen molar-refractivity contribution in [3.63, 3.8) is 0 Å². The van der Waals surface area contributed by atoms with Gasteiger partial charge in [-0.25, -0.2) is 0 Å². The van der Waals surface area contributed by atoms with Crippen LogP contribution in [0.5, 0.6) is 0 Å². The van der Waals surface area contributed by atoms with Crippen LogP contribution in [0, 0.1) is 5.92 Å². The Bertz CT molecular complexity index is 732. The highest BCUT2D eigenvalue weighted by Crippen LogP contribution is 2.29. The lowest BCUT2D eigenvalue weighted by Gasteiger charge is -2.36. The number of nitrogens with one attached hydrogen (secondary N) is 1. The SMILES string of the molecule is C[C@@H]1CC[C@H](C(=O)NC(C)(C)c2cccc3ccccc23)CN1C. The van der Waals surface area contributed by atoms with E-state index in [1.165, 1.54) is 16.3 Å². The fourth-order valence-corrected chi connectivity index (χ4v) is 3.74. The van der Waals surface area contributed by atoms with Gasteiger partial charge in [-0.05, 0) is 57.0 Å². The molecule has 3 nitrogen and oxygen atoms in total. The summed E-state index contributed by atoms with van der Waals surface area (Å²) in [6, 6.07) is 15.2. The van der Waals surface area contributed by atoms with Gasteiger partial charge in [-0.2, -0.15) is 0 Å². The second-order valence-electron chi connectivity index (χ2n) is 7.70. The Morgan fingerprint density at radius 1 is 1.12 bits per heavy atom. The largest absolute Gasteiger partial charge is 0.347 e. The summed E-state index contributed by atoms with van der Waals surface area (Å²) >= 11 is 0. The molecule has 0 radical (unpaired) electrons. The smallest absolute Gasteiger partial charge is 0.225 e. The quantitative estimate of drug-likeness (QED) is 0.928. The lowest BCUT2D eigenvalue weighted by molar-refractivity contribution is -0.128. The van der Waals surface area contributed by atoms with E-state index in [0.717, 1.165) is 19.4 Å². The van der Waals surface area contributed by atoms with Crippen LogP contribution >= 0.6 is 0 Å². The lowest BCUT2D eigenvalue weighted by Crippen LogP contribution is -2.49. The minimum atomic E-state index is -0.389. The molecule has 0 unspecified atom stereocenters. The molecule has 3 rings (SSSR count). The third kappa shape index (κ3) is 3.32. The number of carbonyl (C=O) groups excluding carboxylic acids is 1. The minimum absolute atomic E-state index is 0.0838. The first kappa shape index (κ1) is 17.0. The summed E-state index contributed by atoms with van der Waals surface area (Å²) < 4.78 is 0. The van der Waals surface area contributed by atoms with Gasteiger partial charge in [-0.3, -0.25) is 4.79 Å². The lowest BCUT2D eigenvalue weighted by atomic mass is 9.87. The normalized spacial score (nSPS) is 22.5. The Balaban J connectivity index is 1.81. The number of nitrogens with zero attached hydrogens (tertiary/aromatic N) is 1. The fraction of sp³-hybridized carbons (Fsp3) is 0.476. The number of piperidine rings is 1. The molecule has 0 aromatic heterocycles. The van der Waals surface area contributed by atoms with Crippen LogP contribution in [0.4, 0.5) is 0 Å². The molecule has 0 spiro atoms. The maximum Gasteiger partial charge on any atom is 0.225 e. The van der Waals surface area contributed by atoms with E-state index in [4.69, 9.17) is 0 Å². The zero-order valence-corrected chi connectivity index (χ0v) is 15.2. The predicted octanol–water partition coefficient (Wildman–Crippen LogP) is 3.92. The van der Waals surface area contributed by atoms with Gasteiger partial charge in [0.15, 0.2) is 0 Å². The molecule has 2 aromatic carbocycles. The maximum absolute atomic E-state index is 12.8. The zero-order chi connectivity index (χ0) is 17.3. The summed E-state index contributed by atoms with van der Waals surface area (Å²) in [7, 11) is 2.11. The van der Waals surface area contributed by atoms with Crippen molar-refractivity contribution in [3.8, 4) is 0 Å². The maximum atomic E-state index is 12.8. The average molecular weight is 324 g/mol. The van der Waals surface area contributed by atoms with E-state index in [-0.39, 0.29) is 17.4 Å². The van der Waals surface area contributed by atoms with E-state index in [9.17, 15) is 4.79 Å². The molecule has 1 aliphatic rings. The van der Waals surface area contributed by atoms with Crippen molar-refractivity contribution in [2.45, 2.75) is 45.2 Å². The third-order valence-corrected chi connectivity index (χ3v) is 5.46. The standard InChI is InChI=1S/C21H28N2O/c1-15-12-13-17(14-23(15)4)20(24)22-21(2,3)19-11-7-9-16-8-5-6-10-18(16)19/h5-11,15,17H,12-14H2,1-4H3,(H,22,24)/t15-,17+/m1/s1. The highest BCUT2D eigenvalue weighted by Gasteiger charge is 2.32. The van der Waals surface area contributed by atoms with Gasteiger partial charge in [0.25, 0.3) is 0 Å². The minimum Gasteiger partial charge on any atom is -0.347 e. The fourth-order valence-electron chi connectivity index (χ4n) is 3.74. The molecule has 128 valence electrons. The van der Waals surface area contributed by atoms with Crippen molar-refractivity contribution in [2.24, 2.45) is 5.92 Å². The summed E-state index contributed by atoms with van der Waals surface area (Å²) in [5.41, 5.74) is 0.783. The van der Waals surface area contributed by atoms with E-state index >= 15 is 0 Å². The number of hydrogen-bond acceptors (Lipinski definition) is 2. The second kappa shape index (κ2) is 6.56. The topological polar surface area (TPSA) is 32.3 Å². The molecule has 2 atom stereocenters. The molecule has 1 saturated heterocycles. The summed E-state index contributed by atoms with van der Waals surface area (Å²) in [5, 5.41) is 5.72. The first-order valence-electron chi connectivity index (χ1n) is 8.89. The molecule has 0 saturated carbocycles. The molecule has 3 heteroatoms. The van der Waals surface area contributed by atoms with Crippen LogP contribution in [0.25, 0.3) is 10.8 Å². The Labute approximate surface area is 145 Å². The molecular weight excluding hydrogens is 296 g/mol. The number of amides is 1. The van der Waals surface area contributed by atoms with Gasteiger partial charge in [-0.15, -0.1) is 0 Å². The Kier molecular flexibility index (Phi) is 4.64. The molecule has 0 aliphatic carbocycles. The number of likely N-dealkylation sites (tertiary alicyclic amines) is 1. The van der Waals surface area contributed by atoms with Crippen LogP contribution < -0.4 is 5.32 Å². The highest BCUT2D eigenvalue weighted by atomic mass is 16.2. The summed E-state index contributed by atoms with van der Waals surface area (Å²) in [4.78, 5) is 15.1. The second-order valence-corrected chi connectivity index (χ2v) is 7.70. The Morgan fingerprint density at radius 3 is 2.58 bits per heavy atom. The van der Waals surface area contributed by atoms with Gasteiger partial charge in [0, 0.05) is 12.6 Å². The molecule has 1 N–H and O–H groups in total. The van der Waals surface area contributed by atoms with Crippen molar-refractivity contribution in [2.75, 3.05) is 13.6 Å². The van der Waals surface area contributed by atoms with Crippen molar-refractivity contribution in [1.29, 1.82) is 0 Å². The summed E-state index contributed by atoms with van der Waals surface area (Å²) in [6.45, 7) is 7.27. The summed E-state index contributed by atoms with van der Waals surface area (Å²) in [5.74, 6) is 0.257. The molecule has 1 amide bonds. The van der Waals surface area contributed by atoms with Gasteiger partial charge in [-0.1, -0.05) is 42.5 Å². The number of benzene rings is 2. The van der Waals surface area contributed by atoms with E-state index < -0.39 is 0 Å². The zero-order valence-electron chi connectivity index (χ0n) is 15.2. The number of rotatable bonds is 3. The first-order valence-corrected chi connectivity index (χ1v) is 8.89. The van der Waals surface area contributed by atoms with Crippen LogP contribution in [-0.2, 0) is 10.3 Å². The van der Waals surface area contributed by atoms with Crippen molar-refractivity contribution in [1.82, 2.24) is 10.2 Å². The number of carbonyl (C=O) groups is 1. The monoisotopic (exact) mass is 324 g/mol. The van der Waals surface area contributed by atoms with Crippen LogP contribution in [0.15, 0.2) is 42.5 Å². The number of fused-ring (bicyclic) bond motifs is 1. The average Bonchev–Trinajstić information content (AvgIpc) is 2.56. The molecule has 1 heterocycles. The highest BCUT2D eigenvalue weighted by molar-refractivity contribution is 5.87. The molecule has 1 fully saturated rings. The van der Waals surface area contributed by atoms with Crippen molar-refractivity contribution in [3.05, 3.63) is 48.0 Å². The van der Waals surface area contributed by atoms with E-state index in [1.807, 2.05) is 0 Å². The molecule has 24 heavy (non-hydrogen) atoms. The van der Waals surface area contributed by atoms with Gasteiger partial charge >= 0.3 is 0 Å². The first-order chi connectivity index (χ1) is 11.4. The Morgan fingerprint density at radius 2 is 1.83 bits per heavy atom. The molecule has 0 bridgehead atoms. The van der Waals surface area contributed by atoms with Crippen LogP contribution in [0.2, 0.25) is 0 Å². The van der Waals surface area contributed by atoms with E-state index in [1.54, 1.807) is 0 Å². The van der Waals surface area contributed by atoms with E-state index in [2.05, 4.69) is 80.5 Å². The van der Waals surface area contributed by atoms with Gasteiger partial charge in [0.2, 0.25) is 5.91 Å². The Hall–Kier alpha value is -1.87. The molecule has 2 aromatic rings. The summed E-state index contributed by atoms with van der Waals surface area (Å²) in [6.07, 6.45) is 2.06. The van der Waals surface area contributed by atoms with E-state index in [0.29, 0.717) is 6.04 Å². The van der Waals surface area contributed by atoms with Gasteiger partial charge in [0.1, 0.15) is 0 Å².